The SMILES string of the molecule is CN(CC(C)(C)C)c1ncnc2cc(N)ccc12. The summed E-state index contributed by atoms with van der Waals surface area (Å²) in [7, 11) is 2.06. The average molecular weight is 244 g/mol. The quantitative estimate of drug-likeness (QED) is 0.825. The van der Waals surface area contributed by atoms with E-state index in [4.69, 9.17) is 5.73 Å². The molecule has 2 rings (SSSR count). The van der Waals surface area contributed by atoms with Gasteiger partial charge < -0.3 is 10.6 Å². The summed E-state index contributed by atoms with van der Waals surface area (Å²) < 4.78 is 0. The molecule has 0 aliphatic rings. The first kappa shape index (κ1) is 12.6. The molecule has 4 heteroatoms. The van der Waals surface area contributed by atoms with Crippen molar-refractivity contribution in [2.75, 3.05) is 24.2 Å². The largest absolute Gasteiger partial charge is 0.399 e. The number of nitrogen functional groups attached to an aromatic ring is 1. The second-order valence-electron chi connectivity index (χ2n) is 5.89. The first-order valence-corrected chi connectivity index (χ1v) is 6.08. The molecule has 0 aliphatic heterocycles. The van der Waals surface area contributed by atoms with Crippen molar-refractivity contribution in [2.24, 2.45) is 5.41 Å². The number of nitrogens with zero attached hydrogens (tertiary/aromatic N) is 3. The minimum absolute atomic E-state index is 0.222. The first-order chi connectivity index (χ1) is 8.37. The van der Waals surface area contributed by atoms with Gasteiger partial charge in [0.1, 0.15) is 12.1 Å². The van der Waals surface area contributed by atoms with Gasteiger partial charge in [-0.25, -0.2) is 9.97 Å². The zero-order valence-corrected chi connectivity index (χ0v) is 11.4. The smallest absolute Gasteiger partial charge is 0.139 e. The molecular formula is C14H20N4. The number of hydrogen-bond acceptors (Lipinski definition) is 4. The maximum atomic E-state index is 5.78. The molecule has 18 heavy (non-hydrogen) atoms. The fourth-order valence-electron chi connectivity index (χ4n) is 2.15. The van der Waals surface area contributed by atoms with Gasteiger partial charge in [-0.2, -0.15) is 0 Å². The van der Waals surface area contributed by atoms with Crippen molar-refractivity contribution >= 4 is 22.4 Å². The molecule has 0 saturated heterocycles. The zero-order chi connectivity index (χ0) is 13.3. The highest BCUT2D eigenvalue weighted by Gasteiger charge is 2.16. The molecule has 1 aromatic carbocycles. The van der Waals surface area contributed by atoms with Gasteiger partial charge in [0.25, 0.3) is 0 Å². The van der Waals surface area contributed by atoms with Crippen molar-refractivity contribution in [3.05, 3.63) is 24.5 Å². The summed E-state index contributed by atoms with van der Waals surface area (Å²) in [5.41, 5.74) is 7.62. The third-order valence-electron chi connectivity index (χ3n) is 2.71. The third kappa shape index (κ3) is 2.70. The number of anilines is 2. The Bertz CT molecular complexity index is 557. The number of fused-ring (bicyclic) bond motifs is 1. The van der Waals surface area contributed by atoms with Crippen LogP contribution in [-0.4, -0.2) is 23.6 Å². The van der Waals surface area contributed by atoms with Crippen LogP contribution in [0.2, 0.25) is 0 Å². The highest BCUT2D eigenvalue weighted by molar-refractivity contribution is 5.91. The van der Waals surface area contributed by atoms with Crippen molar-refractivity contribution < 1.29 is 0 Å². The maximum Gasteiger partial charge on any atom is 0.139 e. The minimum Gasteiger partial charge on any atom is -0.399 e. The van der Waals surface area contributed by atoms with Crippen LogP contribution in [0.25, 0.3) is 10.9 Å². The number of hydrogen-bond donors (Lipinski definition) is 1. The number of aromatic nitrogens is 2. The van der Waals surface area contributed by atoms with Crippen molar-refractivity contribution in [1.82, 2.24) is 9.97 Å². The summed E-state index contributed by atoms with van der Waals surface area (Å²) in [4.78, 5) is 10.8. The lowest BCUT2D eigenvalue weighted by molar-refractivity contribution is 0.418. The van der Waals surface area contributed by atoms with E-state index in [0.29, 0.717) is 0 Å². The van der Waals surface area contributed by atoms with Crippen LogP contribution in [0, 0.1) is 5.41 Å². The van der Waals surface area contributed by atoms with Gasteiger partial charge in [-0.05, 0) is 23.6 Å². The van der Waals surface area contributed by atoms with Crippen LogP contribution < -0.4 is 10.6 Å². The molecule has 2 aromatic rings. The van der Waals surface area contributed by atoms with Crippen LogP contribution in [0.4, 0.5) is 11.5 Å². The maximum absolute atomic E-state index is 5.78. The Morgan fingerprint density at radius 2 is 1.94 bits per heavy atom. The van der Waals surface area contributed by atoms with Gasteiger partial charge in [0.15, 0.2) is 0 Å². The summed E-state index contributed by atoms with van der Waals surface area (Å²) >= 11 is 0. The van der Waals surface area contributed by atoms with E-state index in [-0.39, 0.29) is 5.41 Å². The van der Waals surface area contributed by atoms with Gasteiger partial charge >= 0.3 is 0 Å². The standard InChI is InChI=1S/C14H20N4/c1-14(2,3)8-18(4)13-11-6-5-10(15)7-12(11)16-9-17-13/h5-7,9H,8,15H2,1-4H3. The number of benzene rings is 1. The van der Waals surface area contributed by atoms with E-state index >= 15 is 0 Å². The Morgan fingerprint density at radius 1 is 1.22 bits per heavy atom. The Labute approximate surface area is 108 Å². The first-order valence-electron chi connectivity index (χ1n) is 6.08. The van der Waals surface area contributed by atoms with E-state index in [2.05, 4.69) is 42.7 Å². The van der Waals surface area contributed by atoms with Crippen molar-refractivity contribution in [3.8, 4) is 0 Å². The molecule has 0 amide bonds. The molecule has 0 spiro atoms. The molecule has 0 saturated carbocycles. The molecule has 96 valence electrons. The molecule has 0 fully saturated rings. The fourth-order valence-corrected chi connectivity index (χ4v) is 2.15. The van der Waals surface area contributed by atoms with Crippen molar-refractivity contribution in [3.63, 3.8) is 0 Å². The van der Waals surface area contributed by atoms with E-state index in [1.807, 2.05) is 18.2 Å². The van der Waals surface area contributed by atoms with E-state index in [1.165, 1.54) is 0 Å². The van der Waals surface area contributed by atoms with E-state index in [9.17, 15) is 0 Å². The lowest BCUT2D eigenvalue weighted by Crippen LogP contribution is -2.29. The molecule has 0 aliphatic carbocycles. The molecular weight excluding hydrogens is 224 g/mol. The van der Waals surface area contributed by atoms with E-state index in [1.54, 1.807) is 6.33 Å². The highest BCUT2D eigenvalue weighted by atomic mass is 15.2. The molecule has 1 aromatic heterocycles. The lowest BCUT2D eigenvalue weighted by Gasteiger charge is -2.28. The third-order valence-corrected chi connectivity index (χ3v) is 2.71. The topological polar surface area (TPSA) is 55.0 Å². The van der Waals surface area contributed by atoms with Gasteiger partial charge in [-0.1, -0.05) is 20.8 Å². The molecule has 0 atom stereocenters. The summed E-state index contributed by atoms with van der Waals surface area (Å²) in [5, 5.41) is 1.04. The fraction of sp³-hybridized carbons (Fsp3) is 0.429. The highest BCUT2D eigenvalue weighted by Crippen LogP contribution is 2.26. The molecule has 4 nitrogen and oxygen atoms in total. The van der Waals surface area contributed by atoms with E-state index < -0.39 is 0 Å². The van der Waals surface area contributed by atoms with Gasteiger partial charge in [0, 0.05) is 24.7 Å². The summed E-state index contributed by atoms with van der Waals surface area (Å²) in [6.07, 6.45) is 1.59. The summed E-state index contributed by atoms with van der Waals surface area (Å²) in [6.45, 7) is 7.57. The molecule has 2 N–H and O–H groups in total. The van der Waals surface area contributed by atoms with Crippen molar-refractivity contribution in [1.29, 1.82) is 0 Å². The normalized spacial score (nSPS) is 11.8. The number of rotatable bonds is 2. The molecule has 0 radical (unpaired) electrons. The van der Waals surface area contributed by atoms with Crippen LogP contribution in [0.15, 0.2) is 24.5 Å². The molecule has 0 unspecified atom stereocenters. The van der Waals surface area contributed by atoms with E-state index in [0.717, 1.165) is 29.0 Å². The van der Waals surface area contributed by atoms with Gasteiger partial charge in [-0.15, -0.1) is 0 Å². The van der Waals surface area contributed by atoms with Crippen molar-refractivity contribution in [2.45, 2.75) is 20.8 Å². The van der Waals surface area contributed by atoms with Gasteiger partial charge in [-0.3, -0.25) is 0 Å². The van der Waals surface area contributed by atoms with Gasteiger partial charge in [0.05, 0.1) is 5.52 Å². The average Bonchev–Trinajstić information content (AvgIpc) is 2.25. The van der Waals surface area contributed by atoms with Crippen LogP contribution in [0.1, 0.15) is 20.8 Å². The monoisotopic (exact) mass is 244 g/mol. The van der Waals surface area contributed by atoms with Gasteiger partial charge in [0.2, 0.25) is 0 Å². The molecule has 0 bridgehead atoms. The second kappa shape index (κ2) is 4.44. The van der Waals surface area contributed by atoms with Crippen LogP contribution in [0.5, 0.6) is 0 Å². The second-order valence-corrected chi connectivity index (χ2v) is 5.89. The Hall–Kier alpha value is -1.84. The number of nitrogens with two attached hydrogens (primary N) is 1. The predicted octanol–water partition coefficient (Wildman–Crippen LogP) is 2.69. The predicted molar refractivity (Wildman–Crippen MR) is 76.7 cm³/mol. The molecule has 1 heterocycles. The zero-order valence-electron chi connectivity index (χ0n) is 11.4. The van der Waals surface area contributed by atoms with Crippen LogP contribution >= 0.6 is 0 Å². The van der Waals surface area contributed by atoms with Crippen LogP contribution in [-0.2, 0) is 0 Å². The summed E-state index contributed by atoms with van der Waals surface area (Å²) in [6, 6.07) is 5.75. The Morgan fingerprint density at radius 3 is 2.61 bits per heavy atom. The Kier molecular flexibility index (Phi) is 3.11. The van der Waals surface area contributed by atoms with Crippen LogP contribution in [0.3, 0.4) is 0 Å². The lowest BCUT2D eigenvalue weighted by atomic mass is 9.96. The minimum atomic E-state index is 0.222. The summed E-state index contributed by atoms with van der Waals surface area (Å²) in [5.74, 6) is 0.954. The Balaban J connectivity index is 2.45.